The molecular formula is C8H14ClN3O3. The largest absolute Gasteiger partial charge is 0.509 e. The lowest BCUT2D eigenvalue weighted by molar-refractivity contribution is 0.0664. The van der Waals surface area contributed by atoms with Crippen LogP contribution < -0.4 is 0 Å². The number of azide groups is 1. The fourth-order valence-corrected chi connectivity index (χ4v) is 1.01. The van der Waals surface area contributed by atoms with E-state index in [-0.39, 0.29) is 6.07 Å². The lowest BCUT2D eigenvalue weighted by Gasteiger charge is -2.03. The van der Waals surface area contributed by atoms with Crippen LogP contribution in [0.4, 0.5) is 4.79 Å². The van der Waals surface area contributed by atoms with Crippen LogP contribution in [0.3, 0.4) is 0 Å². The van der Waals surface area contributed by atoms with Gasteiger partial charge in [-0.2, -0.15) is 0 Å². The van der Waals surface area contributed by atoms with E-state index in [1.807, 2.05) is 0 Å². The van der Waals surface area contributed by atoms with Crippen molar-refractivity contribution >= 4 is 17.8 Å². The van der Waals surface area contributed by atoms with E-state index in [0.717, 1.165) is 25.7 Å². The zero-order valence-electron chi connectivity index (χ0n) is 8.39. The van der Waals surface area contributed by atoms with Gasteiger partial charge in [0.1, 0.15) is 0 Å². The van der Waals surface area contributed by atoms with Gasteiger partial charge in [0.25, 0.3) is 0 Å². The number of hydrogen-bond donors (Lipinski definition) is 0. The number of ether oxygens (including phenoxy) is 2. The minimum Gasteiger partial charge on any atom is -0.434 e. The van der Waals surface area contributed by atoms with Crippen molar-refractivity contribution in [1.29, 1.82) is 0 Å². The molecule has 6 nitrogen and oxygen atoms in total. The van der Waals surface area contributed by atoms with Gasteiger partial charge in [-0.3, -0.25) is 0 Å². The molecule has 0 unspecified atom stereocenters. The average Bonchev–Trinajstić information content (AvgIpc) is 2.22. The van der Waals surface area contributed by atoms with Crippen LogP contribution in [0.1, 0.15) is 25.7 Å². The first-order chi connectivity index (χ1) is 7.31. The molecule has 0 bridgehead atoms. The Morgan fingerprint density at radius 1 is 1.27 bits per heavy atom. The first kappa shape index (κ1) is 13.9. The van der Waals surface area contributed by atoms with Crippen molar-refractivity contribution < 1.29 is 14.3 Å². The predicted octanol–water partition coefficient (Wildman–Crippen LogP) is 3.21. The quantitative estimate of drug-likeness (QED) is 0.162. The van der Waals surface area contributed by atoms with E-state index in [4.69, 9.17) is 17.1 Å². The molecule has 0 aromatic heterocycles. The summed E-state index contributed by atoms with van der Waals surface area (Å²) in [4.78, 5) is 13.3. The predicted molar refractivity (Wildman–Crippen MR) is 55.6 cm³/mol. The van der Waals surface area contributed by atoms with E-state index in [0.29, 0.717) is 13.2 Å². The summed E-state index contributed by atoms with van der Waals surface area (Å²) in [6.45, 7) is 0.850. The summed E-state index contributed by atoms with van der Waals surface area (Å²) in [6, 6.07) is -0.189. The molecule has 7 heteroatoms. The van der Waals surface area contributed by atoms with Gasteiger partial charge in [0.05, 0.1) is 6.61 Å². The number of halogens is 1. The Balaban J connectivity index is 3.10. The summed E-state index contributed by atoms with van der Waals surface area (Å²) in [5.74, 6) is 0. The molecule has 0 spiro atoms. The van der Waals surface area contributed by atoms with Crippen LogP contribution in [0.15, 0.2) is 5.11 Å². The van der Waals surface area contributed by atoms with E-state index in [1.54, 1.807) is 0 Å². The number of carbonyl (C=O) groups excluding carboxylic acids is 1. The van der Waals surface area contributed by atoms with Crippen molar-refractivity contribution in [3.63, 3.8) is 0 Å². The molecule has 0 heterocycles. The van der Waals surface area contributed by atoms with E-state index >= 15 is 0 Å². The zero-order valence-corrected chi connectivity index (χ0v) is 9.15. The topological polar surface area (TPSA) is 84.3 Å². The second kappa shape index (κ2) is 10.9. The van der Waals surface area contributed by atoms with Gasteiger partial charge in [0, 0.05) is 11.5 Å². The molecular weight excluding hydrogens is 222 g/mol. The minimum atomic E-state index is -0.737. The third-order valence-electron chi connectivity index (χ3n) is 1.61. The molecule has 0 radical (unpaired) electrons. The fourth-order valence-electron chi connectivity index (χ4n) is 0.925. The molecule has 0 fully saturated rings. The van der Waals surface area contributed by atoms with Crippen LogP contribution in [0.25, 0.3) is 10.4 Å². The van der Waals surface area contributed by atoms with Crippen molar-refractivity contribution in [2.24, 2.45) is 5.11 Å². The number of alkyl halides is 1. The molecule has 0 atom stereocenters. The standard InChI is InChI=1S/C8H14ClN3O3/c9-7-15-8(13)14-6-4-2-1-3-5-11-12-10/h1-7H2. The third-order valence-corrected chi connectivity index (χ3v) is 1.72. The lowest BCUT2D eigenvalue weighted by Crippen LogP contribution is -2.07. The fraction of sp³-hybridized carbons (Fsp3) is 0.875. The van der Waals surface area contributed by atoms with Crippen molar-refractivity contribution in [3.8, 4) is 0 Å². The van der Waals surface area contributed by atoms with Crippen molar-refractivity contribution in [1.82, 2.24) is 0 Å². The molecule has 0 aliphatic heterocycles. The molecule has 0 rings (SSSR count). The minimum absolute atomic E-state index is 0.189. The Morgan fingerprint density at radius 2 is 2.00 bits per heavy atom. The Labute approximate surface area is 93.1 Å². The van der Waals surface area contributed by atoms with Gasteiger partial charge in [-0.25, -0.2) is 4.79 Å². The lowest BCUT2D eigenvalue weighted by atomic mass is 10.2. The second-order valence-corrected chi connectivity index (χ2v) is 2.94. The highest BCUT2D eigenvalue weighted by Crippen LogP contribution is 2.01. The summed E-state index contributed by atoms with van der Waals surface area (Å²) in [5.41, 5.74) is 7.99. The van der Waals surface area contributed by atoms with Gasteiger partial charge < -0.3 is 9.47 Å². The molecule has 0 N–H and O–H groups in total. The van der Waals surface area contributed by atoms with E-state index in [1.165, 1.54) is 0 Å². The van der Waals surface area contributed by atoms with E-state index in [9.17, 15) is 4.79 Å². The van der Waals surface area contributed by atoms with Crippen molar-refractivity contribution in [3.05, 3.63) is 10.4 Å². The number of unbranched alkanes of at least 4 members (excludes halogenated alkanes) is 3. The molecule has 0 saturated carbocycles. The zero-order chi connectivity index (χ0) is 11.4. The molecule has 15 heavy (non-hydrogen) atoms. The van der Waals surface area contributed by atoms with Crippen molar-refractivity contribution in [2.75, 3.05) is 19.2 Å². The number of carbonyl (C=O) groups is 1. The first-order valence-corrected chi connectivity index (χ1v) is 5.21. The molecule has 0 aliphatic rings. The Bertz CT molecular complexity index is 219. The van der Waals surface area contributed by atoms with Gasteiger partial charge in [0.2, 0.25) is 0 Å². The molecule has 0 aromatic rings. The maximum Gasteiger partial charge on any atom is 0.509 e. The van der Waals surface area contributed by atoms with E-state index < -0.39 is 6.16 Å². The Morgan fingerprint density at radius 3 is 2.67 bits per heavy atom. The third kappa shape index (κ3) is 10.8. The molecule has 86 valence electrons. The number of nitrogens with zero attached hydrogens (tertiary/aromatic N) is 3. The summed E-state index contributed by atoms with van der Waals surface area (Å²) in [5, 5.41) is 3.40. The van der Waals surface area contributed by atoms with Gasteiger partial charge in [-0.1, -0.05) is 29.6 Å². The van der Waals surface area contributed by atoms with Gasteiger partial charge in [0.15, 0.2) is 6.07 Å². The highest BCUT2D eigenvalue weighted by Gasteiger charge is 2.00. The molecule has 0 saturated heterocycles. The maximum absolute atomic E-state index is 10.6. The number of rotatable bonds is 8. The normalized spacial score (nSPS) is 9.13. The molecule has 0 aromatic carbocycles. The first-order valence-electron chi connectivity index (χ1n) is 4.67. The summed E-state index contributed by atoms with van der Waals surface area (Å²) in [7, 11) is 0. The van der Waals surface area contributed by atoms with Gasteiger partial charge in [-0.05, 0) is 18.4 Å². The number of hydrogen-bond acceptors (Lipinski definition) is 4. The van der Waals surface area contributed by atoms with Crippen LogP contribution in [0, 0.1) is 0 Å². The van der Waals surface area contributed by atoms with Crippen LogP contribution in [0.5, 0.6) is 0 Å². The summed E-state index contributed by atoms with van der Waals surface area (Å²) in [6.07, 6.45) is 2.77. The van der Waals surface area contributed by atoms with Crippen LogP contribution in [0.2, 0.25) is 0 Å². The molecule has 0 aliphatic carbocycles. The highest BCUT2D eigenvalue weighted by molar-refractivity contribution is 6.17. The van der Waals surface area contributed by atoms with Crippen molar-refractivity contribution in [2.45, 2.75) is 25.7 Å². The van der Waals surface area contributed by atoms with Crippen LogP contribution in [-0.2, 0) is 9.47 Å². The van der Waals surface area contributed by atoms with E-state index in [2.05, 4.69) is 19.5 Å². The van der Waals surface area contributed by atoms with Crippen LogP contribution in [-0.4, -0.2) is 25.4 Å². The smallest absolute Gasteiger partial charge is 0.434 e. The second-order valence-electron chi connectivity index (χ2n) is 2.72. The van der Waals surface area contributed by atoms with Gasteiger partial charge in [-0.15, -0.1) is 0 Å². The highest BCUT2D eigenvalue weighted by atomic mass is 35.5. The monoisotopic (exact) mass is 235 g/mol. The SMILES string of the molecule is [N-]=[N+]=NCCCCCCOC(=O)OCCl. The molecule has 0 amide bonds. The van der Waals surface area contributed by atoms with Gasteiger partial charge >= 0.3 is 6.16 Å². The average molecular weight is 236 g/mol. The Hall–Kier alpha value is -1.13. The summed E-state index contributed by atoms with van der Waals surface area (Å²) < 4.78 is 9.03. The van der Waals surface area contributed by atoms with Crippen LogP contribution >= 0.6 is 11.6 Å². The maximum atomic E-state index is 10.6. The summed E-state index contributed by atoms with van der Waals surface area (Å²) >= 11 is 5.14. The Kier molecular flexibility index (Phi) is 10.1.